The third-order valence-electron chi connectivity index (χ3n) is 4.21. The zero-order valence-electron chi connectivity index (χ0n) is 14.2. The second-order valence-corrected chi connectivity index (χ2v) is 5.97. The van der Waals surface area contributed by atoms with Gasteiger partial charge in [0.1, 0.15) is 11.3 Å². The molecule has 0 aliphatic carbocycles. The maximum Gasteiger partial charge on any atom is 0.416 e. The van der Waals surface area contributed by atoms with Crippen LogP contribution in [0.1, 0.15) is 16.7 Å². The molecule has 3 aromatic rings. The van der Waals surface area contributed by atoms with E-state index in [0.717, 1.165) is 16.7 Å². The van der Waals surface area contributed by atoms with Crippen molar-refractivity contribution in [1.29, 1.82) is 5.41 Å². The number of hydrogen-bond acceptors (Lipinski definition) is 3. The Balaban J connectivity index is 2.15. The first-order valence-electron chi connectivity index (χ1n) is 7.95. The molecule has 1 aromatic heterocycles. The van der Waals surface area contributed by atoms with Crippen molar-refractivity contribution in [3.05, 3.63) is 87.7 Å². The number of halogens is 3. The Bertz CT molecular complexity index is 1070. The van der Waals surface area contributed by atoms with Gasteiger partial charge in [0.15, 0.2) is 0 Å². The molecular formula is C20H15F3N2O2. The monoisotopic (exact) mass is 372 g/mol. The van der Waals surface area contributed by atoms with E-state index in [1.54, 1.807) is 30.3 Å². The van der Waals surface area contributed by atoms with E-state index in [4.69, 9.17) is 5.41 Å². The molecule has 4 nitrogen and oxygen atoms in total. The van der Waals surface area contributed by atoms with Gasteiger partial charge in [-0.05, 0) is 17.7 Å². The van der Waals surface area contributed by atoms with E-state index in [9.17, 15) is 23.1 Å². The topological polar surface area (TPSA) is 66.1 Å². The number of aromatic hydroxyl groups is 1. The smallest absolute Gasteiger partial charge is 0.416 e. The Morgan fingerprint density at radius 1 is 1.04 bits per heavy atom. The summed E-state index contributed by atoms with van der Waals surface area (Å²) in [5.41, 5.74) is -1.20. The first-order chi connectivity index (χ1) is 12.7. The molecule has 0 spiro atoms. The van der Waals surface area contributed by atoms with Gasteiger partial charge in [-0.25, -0.2) is 0 Å². The number of rotatable bonds is 3. The summed E-state index contributed by atoms with van der Waals surface area (Å²) in [6, 6.07) is 14.1. The molecule has 0 amide bonds. The molecule has 2 N–H and O–H groups in total. The van der Waals surface area contributed by atoms with E-state index in [-0.39, 0.29) is 22.5 Å². The summed E-state index contributed by atoms with van der Waals surface area (Å²) in [7, 11) is 1.39. The minimum Gasteiger partial charge on any atom is -0.507 e. The maximum absolute atomic E-state index is 13.0. The predicted molar refractivity (Wildman–Crippen MR) is 96.2 cm³/mol. The Kier molecular flexibility index (Phi) is 4.61. The van der Waals surface area contributed by atoms with Crippen LogP contribution in [0.25, 0.3) is 11.3 Å². The number of pyridine rings is 1. The lowest BCUT2D eigenvalue weighted by Crippen LogP contribution is -2.26. The lowest BCUT2D eigenvalue weighted by molar-refractivity contribution is -0.137. The molecule has 0 saturated carbocycles. The molecular weight excluding hydrogens is 357 g/mol. The van der Waals surface area contributed by atoms with Crippen molar-refractivity contribution in [2.24, 2.45) is 7.05 Å². The standard InChI is InChI=1S/C20H15F3N2O2/c1-25-15(13-8-5-9-14(10-13)20(21,22)23)11-16(26)17(19(25)27)18(24)12-6-3-2-4-7-12/h2-11,24,26H,1H3. The van der Waals surface area contributed by atoms with Crippen LogP contribution in [0.2, 0.25) is 0 Å². The van der Waals surface area contributed by atoms with Gasteiger partial charge in [-0.3, -0.25) is 10.2 Å². The van der Waals surface area contributed by atoms with Crippen LogP contribution in [0.5, 0.6) is 5.75 Å². The molecule has 7 heteroatoms. The van der Waals surface area contributed by atoms with Crippen molar-refractivity contribution >= 4 is 5.71 Å². The van der Waals surface area contributed by atoms with Gasteiger partial charge >= 0.3 is 6.18 Å². The highest BCUT2D eigenvalue weighted by Gasteiger charge is 2.30. The number of alkyl halides is 3. The van der Waals surface area contributed by atoms with E-state index in [1.165, 1.54) is 25.2 Å². The van der Waals surface area contributed by atoms with Crippen LogP contribution in [0.15, 0.2) is 65.5 Å². The minimum atomic E-state index is -4.52. The highest BCUT2D eigenvalue weighted by molar-refractivity contribution is 6.12. The third-order valence-corrected chi connectivity index (χ3v) is 4.21. The van der Waals surface area contributed by atoms with Crippen LogP contribution in [0.3, 0.4) is 0 Å². The second kappa shape index (κ2) is 6.75. The van der Waals surface area contributed by atoms with E-state index in [2.05, 4.69) is 0 Å². The Hall–Kier alpha value is -3.35. The number of hydrogen-bond donors (Lipinski definition) is 2. The average molecular weight is 372 g/mol. The van der Waals surface area contributed by atoms with Gasteiger partial charge < -0.3 is 9.67 Å². The maximum atomic E-state index is 13.0. The van der Waals surface area contributed by atoms with Crippen LogP contribution in [0, 0.1) is 5.41 Å². The molecule has 0 aliphatic heterocycles. The molecule has 0 saturated heterocycles. The number of nitrogens with zero attached hydrogens (tertiary/aromatic N) is 1. The first-order valence-corrected chi connectivity index (χ1v) is 7.95. The zero-order valence-corrected chi connectivity index (χ0v) is 14.2. The van der Waals surface area contributed by atoms with Crippen LogP contribution in [0.4, 0.5) is 13.2 Å². The summed E-state index contributed by atoms with van der Waals surface area (Å²) in [5, 5.41) is 18.6. The van der Waals surface area contributed by atoms with Crippen molar-refractivity contribution in [3.8, 4) is 17.0 Å². The zero-order chi connectivity index (χ0) is 19.8. The van der Waals surface area contributed by atoms with Crippen LogP contribution in [-0.2, 0) is 13.2 Å². The van der Waals surface area contributed by atoms with Gasteiger partial charge in [0.2, 0.25) is 0 Å². The molecule has 0 radical (unpaired) electrons. The Labute approximate surface area is 152 Å². The van der Waals surface area contributed by atoms with E-state index < -0.39 is 23.0 Å². The Morgan fingerprint density at radius 3 is 2.33 bits per heavy atom. The molecule has 0 fully saturated rings. The molecule has 0 bridgehead atoms. The van der Waals surface area contributed by atoms with Crippen LogP contribution >= 0.6 is 0 Å². The summed E-state index contributed by atoms with van der Waals surface area (Å²) in [6.45, 7) is 0. The second-order valence-electron chi connectivity index (χ2n) is 5.97. The summed E-state index contributed by atoms with van der Waals surface area (Å²) < 4.78 is 40.0. The highest BCUT2D eigenvalue weighted by Crippen LogP contribution is 2.33. The van der Waals surface area contributed by atoms with Crippen molar-refractivity contribution < 1.29 is 18.3 Å². The highest BCUT2D eigenvalue weighted by atomic mass is 19.4. The van der Waals surface area contributed by atoms with Gasteiger partial charge in [-0.2, -0.15) is 13.2 Å². The predicted octanol–water partition coefficient (Wildman–Crippen LogP) is 4.19. The van der Waals surface area contributed by atoms with Gasteiger partial charge in [0.05, 0.1) is 17.0 Å². The number of benzene rings is 2. The minimum absolute atomic E-state index is 0.119. The summed E-state index contributed by atoms with van der Waals surface area (Å²) in [4.78, 5) is 12.7. The summed E-state index contributed by atoms with van der Waals surface area (Å²) in [6.07, 6.45) is -4.52. The van der Waals surface area contributed by atoms with Gasteiger partial charge in [-0.15, -0.1) is 0 Å². The van der Waals surface area contributed by atoms with Gasteiger partial charge in [0.25, 0.3) is 5.56 Å². The fraction of sp³-hybridized carbons (Fsp3) is 0.100. The molecule has 138 valence electrons. The molecule has 2 aromatic carbocycles. The summed E-state index contributed by atoms with van der Waals surface area (Å²) in [5.74, 6) is -0.459. The largest absolute Gasteiger partial charge is 0.507 e. The van der Waals surface area contributed by atoms with E-state index in [1.807, 2.05) is 0 Å². The number of nitrogens with one attached hydrogen (secondary N) is 1. The fourth-order valence-electron chi connectivity index (χ4n) is 2.80. The fourth-order valence-corrected chi connectivity index (χ4v) is 2.80. The quantitative estimate of drug-likeness (QED) is 0.677. The van der Waals surface area contributed by atoms with Crippen molar-refractivity contribution in [2.45, 2.75) is 6.18 Å². The molecule has 27 heavy (non-hydrogen) atoms. The van der Waals surface area contributed by atoms with Crippen molar-refractivity contribution in [2.75, 3.05) is 0 Å². The Morgan fingerprint density at radius 2 is 1.70 bits per heavy atom. The van der Waals surface area contributed by atoms with Crippen LogP contribution in [-0.4, -0.2) is 15.4 Å². The lowest BCUT2D eigenvalue weighted by atomic mass is 10.0. The summed E-state index contributed by atoms with van der Waals surface area (Å²) >= 11 is 0. The van der Waals surface area contributed by atoms with Crippen LogP contribution < -0.4 is 5.56 Å². The normalized spacial score (nSPS) is 11.4. The van der Waals surface area contributed by atoms with Crippen molar-refractivity contribution in [1.82, 2.24) is 4.57 Å². The van der Waals surface area contributed by atoms with Crippen molar-refractivity contribution in [3.63, 3.8) is 0 Å². The molecule has 3 rings (SSSR count). The molecule has 0 aliphatic rings. The SMILES string of the molecule is Cn1c(-c2cccc(C(F)(F)F)c2)cc(O)c(C(=N)c2ccccc2)c1=O. The van der Waals surface area contributed by atoms with E-state index in [0.29, 0.717) is 5.56 Å². The third kappa shape index (κ3) is 3.48. The average Bonchev–Trinajstić information content (AvgIpc) is 2.65. The van der Waals surface area contributed by atoms with Gasteiger partial charge in [0, 0.05) is 18.7 Å². The molecule has 0 unspecified atom stereocenters. The number of aromatic nitrogens is 1. The first kappa shape index (κ1) is 18.4. The molecule has 1 heterocycles. The molecule has 0 atom stereocenters. The lowest BCUT2D eigenvalue weighted by Gasteiger charge is -2.15. The van der Waals surface area contributed by atoms with E-state index >= 15 is 0 Å². The van der Waals surface area contributed by atoms with Gasteiger partial charge in [-0.1, -0.05) is 42.5 Å².